The van der Waals surface area contributed by atoms with Gasteiger partial charge in [-0.25, -0.2) is 9.59 Å². The number of nitrogens with one attached hydrogen (secondary N) is 2. The molecule has 0 aliphatic rings. The van der Waals surface area contributed by atoms with Crippen molar-refractivity contribution in [1.82, 2.24) is 10.6 Å². The zero-order chi connectivity index (χ0) is 27.1. The highest BCUT2D eigenvalue weighted by Crippen LogP contribution is 2.24. The summed E-state index contributed by atoms with van der Waals surface area (Å²) in [6.07, 6.45) is -2.10. The molecule has 2 amide bonds. The molecule has 2 N–H and O–H groups in total. The van der Waals surface area contributed by atoms with Crippen molar-refractivity contribution in [1.29, 1.82) is 0 Å². The molecule has 36 heavy (non-hydrogen) atoms. The minimum absolute atomic E-state index is 0.0276. The van der Waals surface area contributed by atoms with Gasteiger partial charge in [0.05, 0.1) is 17.0 Å². The third-order valence-corrected chi connectivity index (χ3v) is 6.22. The van der Waals surface area contributed by atoms with Crippen molar-refractivity contribution < 1.29 is 19.1 Å². The maximum absolute atomic E-state index is 12.5. The summed E-state index contributed by atoms with van der Waals surface area (Å²) in [5.41, 5.74) is 4.43. The smallest absolute Gasteiger partial charge is 0.408 e. The normalized spacial score (nSPS) is 12.3. The molecule has 0 aliphatic heterocycles. The fourth-order valence-electron chi connectivity index (χ4n) is 3.49. The second-order valence-corrected chi connectivity index (χ2v) is 10.3. The maximum Gasteiger partial charge on any atom is 0.408 e. The first-order chi connectivity index (χ1) is 16.7. The molecular weight excluding hydrogens is 476 g/mol. The topological polar surface area (TPSA) is 76.7 Å². The van der Waals surface area contributed by atoms with Crippen LogP contribution in [0.4, 0.5) is 9.59 Å². The molecule has 0 aliphatic carbocycles. The van der Waals surface area contributed by atoms with Gasteiger partial charge in [0.25, 0.3) is 0 Å². The predicted molar refractivity (Wildman–Crippen MR) is 147 cm³/mol. The standard InChI is InChI=1S/C29H37ClN2O4/c1-19(2)21-9-13-23(14-10-21)28(5,6)31-26(33)35-18-25(17-30)36-27(34)32-29(7,8)24-15-11-22(12-16-24)20(3)4/h9-16,25H,1,3,17-18H2,2,4-8H3,(H,31,33)(H,32,34). The number of alkyl halides is 1. The van der Waals surface area contributed by atoms with Crippen molar-refractivity contribution in [3.8, 4) is 0 Å². The molecule has 0 heterocycles. The number of carbonyl (C=O) groups is 2. The van der Waals surface area contributed by atoms with Gasteiger partial charge in [-0.1, -0.05) is 72.8 Å². The second-order valence-electron chi connectivity index (χ2n) is 10.00. The van der Waals surface area contributed by atoms with Gasteiger partial charge >= 0.3 is 12.2 Å². The van der Waals surface area contributed by atoms with E-state index in [1.165, 1.54) is 0 Å². The number of rotatable bonds is 10. The number of benzene rings is 2. The Balaban J connectivity index is 1.90. The van der Waals surface area contributed by atoms with Crippen LogP contribution in [0.5, 0.6) is 0 Å². The first-order valence-electron chi connectivity index (χ1n) is 11.8. The Kier molecular flexibility index (Phi) is 9.77. The van der Waals surface area contributed by atoms with Crippen LogP contribution in [0.15, 0.2) is 61.7 Å². The van der Waals surface area contributed by atoms with E-state index in [9.17, 15) is 9.59 Å². The molecule has 0 saturated carbocycles. The number of halogens is 1. The first-order valence-corrected chi connectivity index (χ1v) is 12.3. The van der Waals surface area contributed by atoms with E-state index in [0.717, 1.165) is 33.4 Å². The summed E-state index contributed by atoms with van der Waals surface area (Å²) in [4.78, 5) is 25.0. The van der Waals surface area contributed by atoms with Crippen molar-refractivity contribution in [2.24, 2.45) is 0 Å². The highest BCUT2D eigenvalue weighted by Gasteiger charge is 2.27. The predicted octanol–water partition coefficient (Wildman–Crippen LogP) is 6.98. The van der Waals surface area contributed by atoms with Crippen LogP contribution in [0.2, 0.25) is 0 Å². The van der Waals surface area contributed by atoms with Crippen LogP contribution in [0.1, 0.15) is 63.8 Å². The zero-order valence-corrected chi connectivity index (χ0v) is 22.8. The summed E-state index contributed by atoms with van der Waals surface area (Å²) in [5, 5.41) is 5.68. The maximum atomic E-state index is 12.5. The molecule has 6 nitrogen and oxygen atoms in total. The van der Waals surface area contributed by atoms with Crippen LogP contribution >= 0.6 is 11.6 Å². The molecule has 0 radical (unpaired) electrons. The molecule has 0 bridgehead atoms. The van der Waals surface area contributed by atoms with E-state index in [1.807, 2.05) is 90.1 Å². The van der Waals surface area contributed by atoms with Crippen LogP contribution in [0, 0.1) is 0 Å². The molecule has 1 unspecified atom stereocenters. The molecule has 7 heteroatoms. The van der Waals surface area contributed by atoms with E-state index in [2.05, 4.69) is 23.8 Å². The van der Waals surface area contributed by atoms with Crippen molar-refractivity contribution in [2.45, 2.75) is 58.7 Å². The van der Waals surface area contributed by atoms with Gasteiger partial charge in [-0.3, -0.25) is 0 Å². The van der Waals surface area contributed by atoms with E-state index in [-0.39, 0.29) is 12.5 Å². The van der Waals surface area contributed by atoms with Crippen LogP contribution in [0.3, 0.4) is 0 Å². The lowest BCUT2D eigenvalue weighted by Gasteiger charge is -2.28. The minimum atomic E-state index is -0.808. The molecule has 2 aromatic carbocycles. The fourth-order valence-corrected chi connectivity index (χ4v) is 3.65. The first kappa shape index (κ1) is 29.0. The number of allylic oxidation sites excluding steroid dienone is 2. The van der Waals surface area contributed by atoms with Gasteiger partial charge in [0.2, 0.25) is 0 Å². The lowest BCUT2D eigenvalue weighted by Crippen LogP contribution is -2.44. The van der Waals surface area contributed by atoms with E-state index < -0.39 is 29.4 Å². The zero-order valence-electron chi connectivity index (χ0n) is 22.0. The Bertz CT molecular complexity index is 1090. The molecule has 1 atom stereocenters. The van der Waals surface area contributed by atoms with Crippen LogP contribution < -0.4 is 10.6 Å². The molecular formula is C29H37ClN2O4. The van der Waals surface area contributed by atoms with Gasteiger partial charge in [0.15, 0.2) is 6.10 Å². The van der Waals surface area contributed by atoms with Gasteiger partial charge in [-0.05, 0) is 63.8 Å². The van der Waals surface area contributed by atoms with Gasteiger partial charge < -0.3 is 20.1 Å². The quantitative estimate of drug-likeness (QED) is 0.336. The number of carbonyl (C=O) groups excluding carboxylic acids is 2. The van der Waals surface area contributed by atoms with Gasteiger partial charge in [0.1, 0.15) is 6.61 Å². The minimum Gasteiger partial charge on any atom is -0.446 e. The Morgan fingerprint density at radius 3 is 1.56 bits per heavy atom. The molecule has 0 fully saturated rings. The van der Waals surface area contributed by atoms with E-state index >= 15 is 0 Å². The second kappa shape index (κ2) is 12.1. The van der Waals surface area contributed by atoms with Crippen LogP contribution in [-0.2, 0) is 20.6 Å². The monoisotopic (exact) mass is 512 g/mol. The summed E-state index contributed by atoms with van der Waals surface area (Å²) in [7, 11) is 0. The number of hydrogen-bond acceptors (Lipinski definition) is 4. The number of alkyl carbamates (subject to hydrolysis) is 2. The van der Waals surface area contributed by atoms with Crippen molar-refractivity contribution in [3.63, 3.8) is 0 Å². The lowest BCUT2D eigenvalue weighted by atomic mass is 9.93. The number of amides is 2. The third kappa shape index (κ3) is 8.16. The van der Waals surface area contributed by atoms with Gasteiger partial charge in [-0.2, -0.15) is 0 Å². The van der Waals surface area contributed by atoms with Crippen molar-refractivity contribution in [2.75, 3.05) is 12.5 Å². The van der Waals surface area contributed by atoms with Crippen LogP contribution in [-0.4, -0.2) is 30.8 Å². The third-order valence-electron chi connectivity index (χ3n) is 5.87. The molecule has 2 aromatic rings. The van der Waals surface area contributed by atoms with Gasteiger partial charge in [-0.15, -0.1) is 11.6 Å². The molecule has 0 spiro atoms. The summed E-state index contributed by atoms with van der Waals surface area (Å²) in [6.45, 7) is 19.1. The van der Waals surface area contributed by atoms with Crippen molar-refractivity contribution in [3.05, 3.63) is 83.9 Å². The average Bonchev–Trinajstić information content (AvgIpc) is 2.81. The van der Waals surface area contributed by atoms with E-state index in [4.69, 9.17) is 21.1 Å². The highest BCUT2D eigenvalue weighted by molar-refractivity contribution is 6.18. The van der Waals surface area contributed by atoms with Crippen LogP contribution in [0.25, 0.3) is 11.1 Å². The largest absolute Gasteiger partial charge is 0.446 e. The highest BCUT2D eigenvalue weighted by atomic mass is 35.5. The van der Waals surface area contributed by atoms with E-state index in [0.29, 0.717) is 0 Å². The Morgan fingerprint density at radius 2 is 1.19 bits per heavy atom. The number of hydrogen-bond donors (Lipinski definition) is 2. The lowest BCUT2D eigenvalue weighted by molar-refractivity contribution is 0.0483. The molecule has 2 rings (SSSR count). The number of ether oxygens (including phenoxy) is 2. The Labute approximate surface area is 219 Å². The Morgan fingerprint density at radius 1 is 0.806 bits per heavy atom. The fraction of sp³-hybridized carbons (Fsp3) is 0.379. The average molecular weight is 513 g/mol. The summed E-state index contributed by atoms with van der Waals surface area (Å²) in [5.74, 6) is -0.0276. The molecule has 0 aromatic heterocycles. The van der Waals surface area contributed by atoms with E-state index in [1.54, 1.807) is 0 Å². The Hall–Kier alpha value is -3.25. The summed E-state index contributed by atoms with van der Waals surface area (Å²) in [6, 6.07) is 15.6. The molecule has 0 saturated heterocycles. The SMILES string of the molecule is C=C(C)c1ccc(C(C)(C)NC(=O)OCC(CCl)OC(=O)NC(C)(C)c2ccc(C(=C)C)cc2)cc1. The summed E-state index contributed by atoms with van der Waals surface area (Å²) >= 11 is 5.97. The molecule has 194 valence electrons. The van der Waals surface area contributed by atoms with Crippen molar-refractivity contribution >= 4 is 34.9 Å². The van der Waals surface area contributed by atoms with Gasteiger partial charge in [0, 0.05) is 0 Å². The summed E-state index contributed by atoms with van der Waals surface area (Å²) < 4.78 is 10.7.